The van der Waals surface area contributed by atoms with E-state index in [1.54, 1.807) is 0 Å². The molecule has 0 aliphatic carbocycles. The van der Waals surface area contributed by atoms with Gasteiger partial charge in [0.25, 0.3) is 0 Å². The average Bonchev–Trinajstić information content (AvgIpc) is 3.36. The van der Waals surface area contributed by atoms with Crippen molar-refractivity contribution in [3.05, 3.63) is 127 Å². The van der Waals surface area contributed by atoms with Gasteiger partial charge in [-0.25, -0.2) is 0 Å². The summed E-state index contributed by atoms with van der Waals surface area (Å²) in [6.07, 6.45) is 3.07. The van der Waals surface area contributed by atoms with Crippen LogP contribution in [0.25, 0.3) is 64.5 Å². The molecule has 2 aromatic heterocycles. The Labute approximate surface area is 220 Å². The number of aryl methyl sites for hydroxylation is 1. The number of aromatic nitrogens is 1. The van der Waals surface area contributed by atoms with Gasteiger partial charge in [0.2, 0.25) is 0 Å². The van der Waals surface area contributed by atoms with E-state index in [9.17, 15) is 0 Å². The van der Waals surface area contributed by atoms with Crippen molar-refractivity contribution < 1.29 is 0 Å². The van der Waals surface area contributed by atoms with Crippen LogP contribution < -0.4 is 0 Å². The first-order chi connectivity index (χ1) is 18.3. The zero-order valence-electron chi connectivity index (χ0n) is 20.6. The van der Waals surface area contributed by atoms with Gasteiger partial charge >= 0.3 is 0 Å². The Bertz CT molecular complexity index is 1890. The van der Waals surface area contributed by atoms with E-state index in [4.69, 9.17) is 4.98 Å². The van der Waals surface area contributed by atoms with Gasteiger partial charge in [-0.3, -0.25) is 4.98 Å². The minimum atomic E-state index is 1.01. The second-order valence-corrected chi connectivity index (χ2v) is 10.6. The molecular weight excluding hydrogens is 466 g/mol. The molecule has 176 valence electrons. The van der Waals surface area contributed by atoms with Crippen LogP contribution in [-0.2, 0) is 6.42 Å². The molecule has 2 heterocycles. The normalized spacial score (nSPS) is 11.5. The molecule has 0 N–H and O–H groups in total. The summed E-state index contributed by atoms with van der Waals surface area (Å²) in [7, 11) is 0. The van der Waals surface area contributed by atoms with Crippen LogP contribution in [0.15, 0.2) is 121 Å². The highest BCUT2D eigenvalue weighted by Crippen LogP contribution is 2.39. The van der Waals surface area contributed by atoms with Gasteiger partial charge in [0.15, 0.2) is 0 Å². The van der Waals surface area contributed by atoms with Crippen molar-refractivity contribution in [1.29, 1.82) is 0 Å². The molecule has 0 amide bonds. The Hall–Kier alpha value is -4.27. The first-order valence-electron chi connectivity index (χ1n) is 12.8. The molecule has 2 heteroatoms. The quantitative estimate of drug-likeness (QED) is 0.239. The number of hydrogen-bond acceptors (Lipinski definition) is 2. The SMILES string of the molecule is CCc1ccc(-c2ccc3cc(-c4ccc(-c5cccc6c5sc5ccccc56)nc4)ccc3c2)cc1. The fraction of sp³-hybridized carbons (Fsp3) is 0.0571. The zero-order valence-corrected chi connectivity index (χ0v) is 21.4. The molecule has 0 bridgehead atoms. The van der Waals surface area contributed by atoms with Crippen molar-refractivity contribution in [3.63, 3.8) is 0 Å². The minimum absolute atomic E-state index is 1.01. The first-order valence-corrected chi connectivity index (χ1v) is 13.6. The van der Waals surface area contributed by atoms with Crippen molar-refractivity contribution in [2.75, 3.05) is 0 Å². The molecule has 0 aliphatic rings. The third-order valence-corrected chi connectivity index (χ3v) is 8.53. The Balaban J connectivity index is 1.21. The van der Waals surface area contributed by atoms with E-state index in [0.29, 0.717) is 0 Å². The molecule has 7 aromatic rings. The molecule has 0 atom stereocenters. The third kappa shape index (κ3) is 3.91. The van der Waals surface area contributed by atoms with E-state index in [2.05, 4.69) is 122 Å². The number of thiophene rings is 1. The van der Waals surface area contributed by atoms with Gasteiger partial charge in [-0.15, -0.1) is 11.3 Å². The molecule has 0 aliphatic heterocycles. The number of rotatable bonds is 4. The highest BCUT2D eigenvalue weighted by molar-refractivity contribution is 7.26. The number of nitrogens with zero attached hydrogens (tertiary/aromatic N) is 1. The highest BCUT2D eigenvalue weighted by Gasteiger charge is 2.11. The summed E-state index contributed by atoms with van der Waals surface area (Å²) in [6, 6.07) is 41.8. The maximum absolute atomic E-state index is 4.90. The fourth-order valence-electron chi connectivity index (χ4n) is 5.21. The summed E-state index contributed by atoms with van der Waals surface area (Å²) < 4.78 is 2.62. The lowest BCUT2D eigenvalue weighted by molar-refractivity contribution is 1.14. The lowest BCUT2D eigenvalue weighted by Crippen LogP contribution is -1.86. The number of hydrogen-bond donors (Lipinski definition) is 0. The van der Waals surface area contributed by atoms with Gasteiger partial charge in [-0.05, 0) is 63.7 Å². The number of pyridine rings is 1. The highest BCUT2D eigenvalue weighted by atomic mass is 32.1. The smallest absolute Gasteiger partial charge is 0.0716 e. The molecule has 37 heavy (non-hydrogen) atoms. The second kappa shape index (κ2) is 8.99. The lowest BCUT2D eigenvalue weighted by atomic mass is 9.97. The van der Waals surface area contributed by atoms with E-state index in [1.165, 1.54) is 58.8 Å². The van der Waals surface area contributed by atoms with E-state index >= 15 is 0 Å². The molecule has 0 saturated heterocycles. The minimum Gasteiger partial charge on any atom is -0.256 e. The number of fused-ring (bicyclic) bond motifs is 4. The van der Waals surface area contributed by atoms with Gasteiger partial charge < -0.3 is 0 Å². The van der Waals surface area contributed by atoms with Crippen LogP contribution in [0.1, 0.15) is 12.5 Å². The van der Waals surface area contributed by atoms with Crippen molar-refractivity contribution in [2.45, 2.75) is 13.3 Å². The lowest BCUT2D eigenvalue weighted by Gasteiger charge is -2.09. The standard InChI is InChI=1S/C35H25NS/c1-2-23-10-12-24(13-11-23)25-14-15-27-21-28(17-16-26(27)20-25)29-18-19-33(36-22-29)32-8-5-7-31-30-6-3-4-9-34(30)37-35(31)32/h3-22H,2H2,1H3. The van der Waals surface area contributed by atoms with Crippen molar-refractivity contribution in [3.8, 4) is 33.5 Å². The molecule has 7 rings (SSSR count). The maximum atomic E-state index is 4.90. The molecule has 0 fully saturated rings. The third-order valence-electron chi connectivity index (χ3n) is 7.31. The summed E-state index contributed by atoms with van der Waals surface area (Å²) >= 11 is 1.85. The first kappa shape index (κ1) is 22.0. The van der Waals surface area contributed by atoms with Crippen molar-refractivity contribution in [1.82, 2.24) is 4.98 Å². The molecular formula is C35H25NS. The Kier molecular flexibility index (Phi) is 5.34. The maximum Gasteiger partial charge on any atom is 0.0716 e. The van der Waals surface area contributed by atoms with Crippen LogP contribution in [0, 0.1) is 0 Å². The van der Waals surface area contributed by atoms with Gasteiger partial charge in [0.1, 0.15) is 0 Å². The predicted molar refractivity (Wildman–Crippen MR) is 160 cm³/mol. The summed E-state index contributed by atoms with van der Waals surface area (Å²) in [5.41, 5.74) is 8.42. The van der Waals surface area contributed by atoms with Gasteiger partial charge in [-0.1, -0.05) is 97.9 Å². The summed E-state index contributed by atoms with van der Waals surface area (Å²) in [4.78, 5) is 4.90. The van der Waals surface area contributed by atoms with Crippen LogP contribution >= 0.6 is 11.3 Å². The zero-order chi connectivity index (χ0) is 24.8. The monoisotopic (exact) mass is 491 g/mol. The Morgan fingerprint density at radius 2 is 1.27 bits per heavy atom. The topological polar surface area (TPSA) is 12.9 Å². The summed E-state index contributed by atoms with van der Waals surface area (Å²) in [6.45, 7) is 2.19. The van der Waals surface area contributed by atoms with E-state index in [1.807, 2.05) is 17.5 Å². The molecule has 1 nitrogen and oxygen atoms in total. The van der Waals surface area contributed by atoms with Crippen LogP contribution in [-0.4, -0.2) is 4.98 Å². The average molecular weight is 492 g/mol. The fourth-order valence-corrected chi connectivity index (χ4v) is 6.44. The second-order valence-electron chi connectivity index (χ2n) is 9.54. The largest absolute Gasteiger partial charge is 0.256 e. The van der Waals surface area contributed by atoms with Crippen LogP contribution in [0.3, 0.4) is 0 Å². The van der Waals surface area contributed by atoms with Gasteiger partial charge in [0.05, 0.1) is 5.69 Å². The van der Waals surface area contributed by atoms with E-state index in [0.717, 1.165) is 17.7 Å². The van der Waals surface area contributed by atoms with E-state index < -0.39 is 0 Å². The van der Waals surface area contributed by atoms with Crippen LogP contribution in [0.5, 0.6) is 0 Å². The Morgan fingerprint density at radius 1 is 0.595 bits per heavy atom. The van der Waals surface area contributed by atoms with Crippen LogP contribution in [0.2, 0.25) is 0 Å². The summed E-state index contributed by atoms with van der Waals surface area (Å²) in [5, 5.41) is 5.12. The van der Waals surface area contributed by atoms with Crippen molar-refractivity contribution in [2.24, 2.45) is 0 Å². The van der Waals surface area contributed by atoms with Gasteiger partial charge in [0, 0.05) is 37.5 Å². The molecule has 0 spiro atoms. The number of benzene rings is 5. The van der Waals surface area contributed by atoms with Crippen LogP contribution in [0.4, 0.5) is 0 Å². The molecule has 0 unspecified atom stereocenters. The predicted octanol–water partition coefficient (Wildman–Crippen LogP) is 10.2. The molecule has 0 radical (unpaired) electrons. The molecule has 0 saturated carbocycles. The van der Waals surface area contributed by atoms with E-state index in [-0.39, 0.29) is 0 Å². The Morgan fingerprint density at radius 3 is 2.00 bits per heavy atom. The summed E-state index contributed by atoms with van der Waals surface area (Å²) in [5.74, 6) is 0. The van der Waals surface area contributed by atoms with Crippen molar-refractivity contribution >= 4 is 42.3 Å². The van der Waals surface area contributed by atoms with Gasteiger partial charge in [-0.2, -0.15) is 0 Å². The molecule has 5 aromatic carbocycles.